The van der Waals surface area contributed by atoms with Crippen LogP contribution < -0.4 is 5.56 Å². The van der Waals surface area contributed by atoms with Crippen molar-refractivity contribution in [2.24, 2.45) is 0 Å². The van der Waals surface area contributed by atoms with E-state index in [4.69, 9.17) is 0 Å². The van der Waals surface area contributed by atoms with Crippen molar-refractivity contribution in [2.75, 3.05) is 19.7 Å². The number of piperidine rings is 1. The Labute approximate surface area is 155 Å². The van der Waals surface area contributed by atoms with Crippen LogP contribution >= 0.6 is 0 Å². The maximum Gasteiger partial charge on any atom is 0.274 e. The summed E-state index contributed by atoms with van der Waals surface area (Å²) in [4.78, 5) is 15.2. The van der Waals surface area contributed by atoms with Crippen LogP contribution in [0.15, 0.2) is 47.4 Å². The summed E-state index contributed by atoms with van der Waals surface area (Å²) >= 11 is 0. The first-order valence-corrected chi connectivity index (χ1v) is 9.76. The van der Waals surface area contributed by atoms with E-state index in [0.29, 0.717) is 18.2 Å². The highest BCUT2D eigenvalue weighted by atomic mass is 16.3. The quantitative estimate of drug-likeness (QED) is 0.740. The Hall–Kier alpha value is -1.98. The van der Waals surface area contributed by atoms with E-state index in [0.717, 1.165) is 37.9 Å². The van der Waals surface area contributed by atoms with Gasteiger partial charge in [0.15, 0.2) is 0 Å². The van der Waals surface area contributed by atoms with Gasteiger partial charge in [0.2, 0.25) is 0 Å². The van der Waals surface area contributed by atoms with E-state index >= 15 is 0 Å². The second kappa shape index (κ2) is 9.64. The normalized spacial score (nSPS) is 18.1. The summed E-state index contributed by atoms with van der Waals surface area (Å²) < 4.78 is 1.59. The van der Waals surface area contributed by atoms with Gasteiger partial charge in [-0.3, -0.25) is 4.79 Å². The Balaban J connectivity index is 1.55. The average Bonchev–Trinajstić information content (AvgIpc) is 2.68. The maximum absolute atomic E-state index is 12.7. The molecule has 0 amide bonds. The highest BCUT2D eigenvalue weighted by molar-refractivity contribution is 5.61. The number of aromatic nitrogens is 2. The number of likely N-dealkylation sites (tertiary alicyclic amines) is 1. The number of aliphatic hydroxyl groups excluding tert-OH is 1. The summed E-state index contributed by atoms with van der Waals surface area (Å²) in [6.07, 6.45) is 8.29. The van der Waals surface area contributed by atoms with Crippen molar-refractivity contribution in [1.82, 2.24) is 14.7 Å². The number of nitrogens with zero attached hydrogens (tertiary/aromatic N) is 3. The lowest BCUT2D eigenvalue weighted by Crippen LogP contribution is -2.40. The summed E-state index contributed by atoms with van der Waals surface area (Å²) in [6.45, 7) is 3.09. The van der Waals surface area contributed by atoms with Crippen molar-refractivity contribution >= 4 is 0 Å². The molecule has 1 aromatic carbocycles. The van der Waals surface area contributed by atoms with Gasteiger partial charge >= 0.3 is 0 Å². The topological polar surface area (TPSA) is 58.4 Å². The minimum absolute atomic E-state index is 0.0187. The van der Waals surface area contributed by atoms with E-state index in [9.17, 15) is 9.90 Å². The molecule has 1 N–H and O–H groups in total. The zero-order valence-corrected chi connectivity index (χ0v) is 15.4. The van der Waals surface area contributed by atoms with Crippen LogP contribution in [0.3, 0.4) is 0 Å². The summed E-state index contributed by atoms with van der Waals surface area (Å²) in [5, 5.41) is 13.5. The molecule has 0 spiro atoms. The van der Waals surface area contributed by atoms with Crippen molar-refractivity contribution in [3.8, 4) is 11.1 Å². The van der Waals surface area contributed by atoms with Gasteiger partial charge in [0.05, 0.1) is 5.56 Å². The van der Waals surface area contributed by atoms with Gasteiger partial charge in [-0.05, 0) is 56.8 Å². The zero-order chi connectivity index (χ0) is 18.2. The monoisotopic (exact) mass is 355 g/mol. The molecule has 3 rings (SSSR count). The fourth-order valence-electron chi connectivity index (χ4n) is 3.85. The molecule has 0 aliphatic carbocycles. The molecular formula is C21H29N3O2. The van der Waals surface area contributed by atoms with Gasteiger partial charge in [-0.2, -0.15) is 5.10 Å². The number of unbranched alkanes of at least 4 members (excludes halogenated alkanes) is 1. The molecule has 1 aliphatic rings. The highest BCUT2D eigenvalue weighted by Crippen LogP contribution is 2.20. The number of hydrogen-bond acceptors (Lipinski definition) is 4. The van der Waals surface area contributed by atoms with Crippen LogP contribution in [0.25, 0.3) is 11.1 Å². The van der Waals surface area contributed by atoms with Gasteiger partial charge < -0.3 is 10.0 Å². The molecule has 0 saturated carbocycles. The van der Waals surface area contributed by atoms with E-state index in [2.05, 4.69) is 10.00 Å². The standard InChI is InChI=1S/C21H29N3O2/c25-17-12-19-10-4-5-14-23(19)15-6-7-16-24-21(26)20(11-13-22-24)18-8-2-1-3-9-18/h1-3,8-9,11,13,19,25H,4-7,10,12,14-17H2. The second-order valence-corrected chi connectivity index (χ2v) is 7.04. The molecule has 1 fully saturated rings. The third-order valence-corrected chi connectivity index (χ3v) is 5.27. The van der Waals surface area contributed by atoms with Crippen LogP contribution in [0.5, 0.6) is 0 Å². The zero-order valence-electron chi connectivity index (χ0n) is 15.4. The largest absolute Gasteiger partial charge is 0.396 e. The van der Waals surface area contributed by atoms with Gasteiger partial charge in [0, 0.05) is 25.4 Å². The highest BCUT2D eigenvalue weighted by Gasteiger charge is 2.21. The first-order chi connectivity index (χ1) is 12.8. The third kappa shape index (κ3) is 4.80. The molecule has 1 aliphatic heterocycles. The van der Waals surface area contributed by atoms with Crippen LogP contribution in [0, 0.1) is 0 Å². The lowest BCUT2D eigenvalue weighted by molar-refractivity contribution is 0.117. The molecule has 2 aromatic rings. The second-order valence-electron chi connectivity index (χ2n) is 7.04. The maximum atomic E-state index is 12.7. The summed E-state index contributed by atoms with van der Waals surface area (Å²) in [6, 6.07) is 12.1. The molecule has 1 atom stereocenters. The molecule has 0 bridgehead atoms. The molecule has 5 heteroatoms. The van der Waals surface area contributed by atoms with Crippen molar-refractivity contribution in [3.05, 3.63) is 52.9 Å². The lowest BCUT2D eigenvalue weighted by Gasteiger charge is -2.35. The fourth-order valence-corrected chi connectivity index (χ4v) is 3.85. The van der Waals surface area contributed by atoms with Crippen LogP contribution in [-0.4, -0.2) is 45.5 Å². The number of aryl methyl sites for hydroxylation is 1. The van der Waals surface area contributed by atoms with E-state index in [1.807, 2.05) is 30.3 Å². The van der Waals surface area contributed by atoms with E-state index in [1.54, 1.807) is 16.9 Å². The van der Waals surface area contributed by atoms with E-state index < -0.39 is 0 Å². The SMILES string of the molecule is O=c1c(-c2ccccc2)ccnn1CCCCN1CCCCC1CCO. The first kappa shape index (κ1) is 18.8. The predicted octanol–water partition coefficient (Wildman–Crippen LogP) is 2.93. The predicted molar refractivity (Wildman–Crippen MR) is 104 cm³/mol. The molecular weight excluding hydrogens is 326 g/mol. The molecule has 1 unspecified atom stereocenters. The minimum atomic E-state index is -0.0187. The lowest BCUT2D eigenvalue weighted by atomic mass is 9.99. The van der Waals surface area contributed by atoms with Gasteiger partial charge in [0.25, 0.3) is 5.56 Å². The fraction of sp³-hybridized carbons (Fsp3) is 0.524. The molecule has 5 nitrogen and oxygen atoms in total. The molecule has 0 radical (unpaired) electrons. The molecule has 1 saturated heterocycles. The van der Waals surface area contributed by atoms with Crippen LogP contribution in [0.2, 0.25) is 0 Å². The number of rotatable bonds is 8. The Morgan fingerprint density at radius 2 is 1.88 bits per heavy atom. The summed E-state index contributed by atoms with van der Waals surface area (Å²) in [5.74, 6) is 0. The third-order valence-electron chi connectivity index (χ3n) is 5.27. The molecule has 2 heterocycles. The van der Waals surface area contributed by atoms with Crippen molar-refractivity contribution < 1.29 is 5.11 Å². The van der Waals surface area contributed by atoms with Gasteiger partial charge in [-0.15, -0.1) is 0 Å². The average molecular weight is 355 g/mol. The van der Waals surface area contributed by atoms with E-state index in [-0.39, 0.29) is 12.2 Å². The van der Waals surface area contributed by atoms with Gasteiger partial charge in [-0.1, -0.05) is 36.8 Å². The Bertz CT molecular complexity index is 728. The minimum Gasteiger partial charge on any atom is -0.396 e. The first-order valence-electron chi connectivity index (χ1n) is 9.76. The van der Waals surface area contributed by atoms with Crippen LogP contribution in [-0.2, 0) is 6.54 Å². The van der Waals surface area contributed by atoms with Crippen molar-refractivity contribution in [3.63, 3.8) is 0 Å². The summed E-state index contributed by atoms with van der Waals surface area (Å²) in [5.41, 5.74) is 1.63. The molecule has 26 heavy (non-hydrogen) atoms. The van der Waals surface area contributed by atoms with Crippen LogP contribution in [0.4, 0.5) is 0 Å². The van der Waals surface area contributed by atoms with E-state index in [1.165, 1.54) is 19.3 Å². The number of benzene rings is 1. The number of aliphatic hydroxyl groups is 1. The molecule has 1 aromatic heterocycles. The van der Waals surface area contributed by atoms with Crippen molar-refractivity contribution in [1.29, 1.82) is 0 Å². The van der Waals surface area contributed by atoms with Gasteiger partial charge in [-0.25, -0.2) is 4.68 Å². The Kier molecular flexibility index (Phi) is 6.97. The Morgan fingerprint density at radius 1 is 1.08 bits per heavy atom. The van der Waals surface area contributed by atoms with Crippen molar-refractivity contribution in [2.45, 2.75) is 51.1 Å². The van der Waals surface area contributed by atoms with Crippen LogP contribution in [0.1, 0.15) is 38.5 Å². The van der Waals surface area contributed by atoms with Gasteiger partial charge in [0.1, 0.15) is 0 Å². The summed E-state index contributed by atoms with van der Waals surface area (Å²) in [7, 11) is 0. The Morgan fingerprint density at radius 3 is 2.69 bits per heavy atom. The molecule has 140 valence electrons. The smallest absolute Gasteiger partial charge is 0.274 e. The number of hydrogen-bond donors (Lipinski definition) is 1.